The summed E-state index contributed by atoms with van der Waals surface area (Å²) in [7, 11) is -1.26. The van der Waals surface area contributed by atoms with Crippen LogP contribution in [0.3, 0.4) is 0 Å². The van der Waals surface area contributed by atoms with E-state index in [1.807, 2.05) is 45.0 Å². The fraction of sp³-hybridized carbons (Fsp3) is 0.474. The Labute approximate surface area is 185 Å². The lowest BCUT2D eigenvalue weighted by atomic mass is 9.87. The van der Waals surface area contributed by atoms with Crippen LogP contribution in [0.25, 0.3) is 0 Å². The molecule has 1 aliphatic rings. The molecule has 3 rings (SSSR count). The van der Waals surface area contributed by atoms with E-state index in [0.717, 1.165) is 16.0 Å². The minimum atomic E-state index is -1.26. The molecule has 148 valence electrons. The molecule has 0 bridgehead atoms. The maximum absolute atomic E-state index is 13.1. The highest BCUT2D eigenvalue weighted by molar-refractivity contribution is 14.1. The Balaban J connectivity index is 2.07. The average molecular weight is 540 g/mol. The molecular weight excluding hydrogens is 517 g/mol. The summed E-state index contributed by atoms with van der Waals surface area (Å²) in [4.78, 5) is 1.02. The van der Waals surface area contributed by atoms with Crippen molar-refractivity contribution in [3.63, 3.8) is 0 Å². The maximum atomic E-state index is 13.1. The van der Waals surface area contributed by atoms with Crippen molar-refractivity contribution in [1.82, 2.24) is 4.72 Å². The summed E-state index contributed by atoms with van der Waals surface area (Å²) >= 11 is 10.2. The van der Waals surface area contributed by atoms with Crippen molar-refractivity contribution in [2.24, 2.45) is 0 Å². The minimum absolute atomic E-state index is 0.317. The topological polar surface area (TPSA) is 47.6 Å². The van der Waals surface area contributed by atoms with Crippen molar-refractivity contribution < 1.29 is 13.7 Å². The second-order valence-electron chi connectivity index (χ2n) is 7.34. The van der Waals surface area contributed by atoms with E-state index >= 15 is 0 Å². The molecule has 0 aliphatic carbocycles. The van der Waals surface area contributed by atoms with E-state index in [4.69, 9.17) is 21.1 Å². The number of thiophene rings is 1. The largest absolute Gasteiger partial charge is 0.345 e. The molecule has 8 heteroatoms. The Bertz CT molecular complexity index is 817. The lowest BCUT2D eigenvalue weighted by Crippen LogP contribution is -2.49. The van der Waals surface area contributed by atoms with Crippen molar-refractivity contribution in [2.75, 3.05) is 17.6 Å². The second-order valence-corrected chi connectivity index (χ2v) is 11.5. The molecule has 4 nitrogen and oxygen atoms in total. The predicted molar refractivity (Wildman–Crippen MR) is 121 cm³/mol. The second kappa shape index (κ2) is 8.77. The number of ether oxygens (including phenoxy) is 2. The predicted octanol–water partition coefficient (Wildman–Crippen LogP) is 5.18. The molecule has 1 saturated heterocycles. The third kappa shape index (κ3) is 4.76. The average Bonchev–Trinajstić information content (AvgIpc) is 3.30. The third-order valence-electron chi connectivity index (χ3n) is 4.31. The first-order valence-corrected chi connectivity index (χ1v) is 12.5. The van der Waals surface area contributed by atoms with Crippen molar-refractivity contribution >= 4 is 56.5 Å². The van der Waals surface area contributed by atoms with E-state index in [1.165, 1.54) is 0 Å². The highest BCUT2D eigenvalue weighted by atomic mass is 127. The molecule has 0 spiro atoms. The van der Waals surface area contributed by atoms with Crippen LogP contribution >= 0.6 is 45.5 Å². The monoisotopic (exact) mass is 539 g/mol. The summed E-state index contributed by atoms with van der Waals surface area (Å²) in [5.41, 5.74) is 1.40. The van der Waals surface area contributed by atoms with Crippen LogP contribution in [0.1, 0.15) is 43.1 Å². The zero-order chi connectivity index (χ0) is 19.7. The molecular formula is C19H23ClINO3S2. The zero-order valence-corrected chi connectivity index (χ0v) is 20.0. The zero-order valence-electron chi connectivity index (χ0n) is 15.5. The lowest BCUT2D eigenvalue weighted by Gasteiger charge is -2.35. The summed E-state index contributed by atoms with van der Waals surface area (Å²) in [6.07, 6.45) is -0.317. The molecule has 1 aliphatic heterocycles. The minimum Gasteiger partial charge on any atom is -0.345 e. The number of rotatable bonds is 6. The van der Waals surface area contributed by atoms with Gasteiger partial charge in [-0.05, 0) is 55.5 Å². The fourth-order valence-electron chi connectivity index (χ4n) is 2.75. The molecule has 1 aromatic carbocycles. The van der Waals surface area contributed by atoms with Crippen LogP contribution in [0.2, 0.25) is 5.02 Å². The highest BCUT2D eigenvalue weighted by Gasteiger charge is 2.39. The molecule has 0 radical (unpaired) electrons. The van der Waals surface area contributed by atoms with Gasteiger partial charge in [-0.2, -0.15) is 0 Å². The summed E-state index contributed by atoms with van der Waals surface area (Å²) in [6, 6.07) is 9.83. The van der Waals surface area contributed by atoms with Gasteiger partial charge in [0, 0.05) is 9.45 Å². The molecule has 2 atom stereocenters. The molecule has 0 saturated carbocycles. The Morgan fingerprint density at radius 1 is 1.26 bits per heavy atom. The number of benzene rings is 1. The summed E-state index contributed by atoms with van der Waals surface area (Å²) in [5.74, 6) is 0. The van der Waals surface area contributed by atoms with Crippen molar-refractivity contribution in [1.29, 1.82) is 0 Å². The molecule has 2 heterocycles. The standard InChI is InChI=1S/C19H23ClINO3S2/c1-18(2,3)27(23)22-19(12-21,13-5-4-6-15(20)9-13)14-10-16(26-11-14)17-24-7-8-25-17/h4-6,9-11,17,22H,7-8,12H2,1-3H3. The van der Waals surface area contributed by atoms with Gasteiger partial charge in [0.05, 0.1) is 39.4 Å². The van der Waals surface area contributed by atoms with E-state index in [2.05, 4.69) is 38.8 Å². The van der Waals surface area contributed by atoms with Crippen LogP contribution in [-0.4, -0.2) is 26.6 Å². The first-order chi connectivity index (χ1) is 12.8. The molecule has 1 fully saturated rings. The van der Waals surface area contributed by atoms with Gasteiger partial charge in [-0.15, -0.1) is 11.3 Å². The van der Waals surface area contributed by atoms with Gasteiger partial charge in [-0.1, -0.05) is 46.3 Å². The van der Waals surface area contributed by atoms with Crippen LogP contribution in [-0.2, 0) is 26.0 Å². The van der Waals surface area contributed by atoms with Gasteiger partial charge in [-0.25, -0.2) is 8.93 Å². The first-order valence-electron chi connectivity index (χ1n) is 8.60. The highest BCUT2D eigenvalue weighted by Crippen LogP contribution is 2.39. The van der Waals surface area contributed by atoms with Crippen molar-refractivity contribution in [2.45, 2.75) is 37.3 Å². The van der Waals surface area contributed by atoms with Gasteiger partial charge >= 0.3 is 0 Å². The van der Waals surface area contributed by atoms with E-state index in [0.29, 0.717) is 22.7 Å². The SMILES string of the molecule is CC(C)(C)S(=O)NC(CI)(c1cccc(Cl)c1)c1csc(C2OCCO2)c1. The van der Waals surface area contributed by atoms with Gasteiger partial charge < -0.3 is 9.47 Å². The fourth-order valence-corrected chi connectivity index (χ4v) is 6.18. The molecule has 1 aromatic heterocycles. The molecule has 27 heavy (non-hydrogen) atoms. The van der Waals surface area contributed by atoms with Crippen molar-refractivity contribution in [3.8, 4) is 0 Å². The Hall–Kier alpha value is -0.0300. The van der Waals surface area contributed by atoms with Gasteiger partial charge in [0.1, 0.15) is 0 Å². The number of hydrogen-bond acceptors (Lipinski definition) is 4. The van der Waals surface area contributed by atoms with Gasteiger partial charge in [0.25, 0.3) is 0 Å². The van der Waals surface area contributed by atoms with Gasteiger partial charge in [0.15, 0.2) is 6.29 Å². The smallest absolute Gasteiger partial charge is 0.193 e. The van der Waals surface area contributed by atoms with Crippen LogP contribution in [0, 0.1) is 0 Å². The number of halogens is 2. The number of alkyl halides is 1. The summed E-state index contributed by atoms with van der Waals surface area (Å²) in [5, 5.41) is 2.75. The van der Waals surface area contributed by atoms with E-state index in [-0.39, 0.29) is 6.29 Å². The first kappa shape index (κ1) is 21.7. The summed E-state index contributed by atoms with van der Waals surface area (Å²) in [6.45, 7) is 7.10. The Kier molecular flexibility index (Phi) is 7.04. The van der Waals surface area contributed by atoms with Crippen LogP contribution in [0.15, 0.2) is 35.7 Å². The van der Waals surface area contributed by atoms with E-state index in [1.54, 1.807) is 11.3 Å². The molecule has 2 aromatic rings. The van der Waals surface area contributed by atoms with Gasteiger partial charge in [-0.3, -0.25) is 0 Å². The van der Waals surface area contributed by atoms with E-state index < -0.39 is 21.3 Å². The number of hydrogen-bond donors (Lipinski definition) is 1. The van der Waals surface area contributed by atoms with Crippen LogP contribution in [0.4, 0.5) is 0 Å². The third-order valence-corrected chi connectivity index (χ3v) is 8.29. The normalized spacial score (nSPS) is 19.1. The molecule has 2 unspecified atom stereocenters. The van der Waals surface area contributed by atoms with E-state index in [9.17, 15) is 4.21 Å². The van der Waals surface area contributed by atoms with Crippen LogP contribution < -0.4 is 4.72 Å². The summed E-state index contributed by atoms with van der Waals surface area (Å²) < 4.78 is 28.0. The Morgan fingerprint density at radius 3 is 2.56 bits per heavy atom. The molecule has 0 amide bonds. The number of nitrogens with one attached hydrogen (secondary N) is 1. The molecule has 1 N–H and O–H groups in total. The maximum Gasteiger partial charge on any atom is 0.193 e. The quantitative estimate of drug-likeness (QED) is 0.407. The van der Waals surface area contributed by atoms with Crippen molar-refractivity contribution in [3.05, 3.63) is 56.7 Å². The lowest BCUT2D eigenvalue weighted by molar-refractivity contribution is -0.0413. The van der Waals surface area contributed by atoms with Crippen LogP contribution in [0.5, 0.6) is 0 Å². The Morgan fingerprint density at radius 2 is 1.96 bits per heavy atom. The van der Waals surface area contributed by atoms with Gasteiger partial charge in [0.2, 0.25) is 0 Å².